The average Bonchev–Trinajstić information content (AvgIpc) is 3.92. The molecule has 0 atom stereocenters. The summed E-state index contributed by atoms with van der Waals surface area (Å²) in [5.74, 6) is 0. The Morgan fingerprint density at radius 2 is 1.00 bits per heavy atom. The van der Waals surface area contributed by atoms with Gasteiger partial charge in [-0.25, -0.2) is 0 Å². The molecule has 64 heavy (non-hydrogen) atoms. The summed E-state index contributed by atoms with van der Waals surface area (Å²) in [6.45, 7) is 0. The number of anilines is 6. The summed E-state index contributed by atoms with van der Waals surface area (Å²) in [4.78, 5) is 4.79. The molecule has 0 amide bonds. The Morgan fingerprint density at radius 3 is 1.69 bits per heavy atom. The van der Waals surface area contributed by atoms with Crippen molar-refractivity contribution in [1.82, 2.24) is 4.57 Å². The first-order chi connectivity index (χ1) is 31.8. The second kappa shape index (κ2) is 16.2. The first-order valence-electron chi connectivity index (χ1n) is 21.6. The quantitative estimate of drug-likeness (QED) is 0.135. The van der Waals surface area contributed by atoms with E-state index in [0.29, 0.717) is 0 Å². The van der Waals surface area contributed by atoms with E-state index in [2.05, 4.69) is 255 Å². The minimum Gasteiger partial charge on any atom is -0.454 e. The highest BCUT2D eigenvalue weighted by Crippen LogP contribution is 2.49. The molecule has 4 nitrogen and oxygen atoms in total. The fourth-order valence-electron chi connectivity index (χ4n) is 9.36. The van der Waals surface area contributed by atoms with E-state index in [-0.39, 0.29) is 20.7 Å². The van der Waals surface area contributed by atoms with Crippen molar-refractivity contribution < 1.29 is 4.42 Å². The molecule has 0 radical (unpaired) electrons. The van der Waals surface area contributed by atoms with Gasteiger partial charge in [-0.2, -0.15) is 0 Å². The van der Waals surface area contributed by atoms with E-state index >= 15 is 0 Å². The normalized spacial score (nSPS) is 12.5. The van der Waals surface area contributed by atoms with Gasteiger partial charge in [0.15, 0.2) is 5.58 Å². The molecule has 0 N–H and O–H groups in total. The summed E-state index contributed by atoms with van der Waals surface area (Å²) >= 11 is -0.361. The van der Waals surface area contributed by atoms with Gasteiger partial charge in [0.05, 0.1) is 20.4 Å². The van der Waals surface area contributed by atoms with Crippen LogP contribution in [0, 0.1) is 0 Å². The SMILES string of the molecule is C1=CI=C(n2c3ccccc3c3cc(-c4cc(N(c5ccccc5)c5ccccc5)cc(N(c5ccccc5)c5ccccc5-c5ccccc5)c4)c4c5ccccc5oc4c32)C=C1. The van der Waals surface area contributed by atoms with Crippen molar-refractivity contribution in [3.63, 3.8) is 0 Å². The maximum Gasteiger partial charge on any atom is 0.160 e. The summed E-state index contributed by atoms with van der Waals surface area (Å²) in [7, 11) is 0. The van der Waals surface area contributed by atoms with Crippen LogP contribution in [0.1, 0.15) is 0 Å². The molecular formula is C59H40IN3O. The number of furan rings is 1. The van der Waals surface area contributed by atoms with E-state index in [1.807, 2.05) is 0 Å². The van der Waals surface area contributed by atoms with Gasteiger partial charge in [0, 0.05) is 55.5 Å². The topological polar surface area (TPSA) is 24.6 Å². The van der Waals surface area contributed by atoms with Gasteiger partial charge < -0.3 is 18.8 Å². The lowest BCUT2D eigenvalue weighted by Crippen LogP contribution is -2.14. The van der Waals surface area contributed by atoms with Crippen LogP contribution < -0.4 is 9.80 Å². The Labute approximate surface area is 381 Å². The number of halogens is 1. The molecule has 9 aromatic carbocycles. The molecule has 11 aromatic rings. The summed E-state index contributed by atoms with van der Waals surface area (Å²) in [6, 6.07) is 78.5. The van der Waals surface area contributed by atoms with Crippen molar-refractivity contribution in [2.45, 2.75) is 0 Å². The van der Waals surface area contributed by atoms with Gasteiger partial charge >= 0.3 is 0 Å². The third-order valence-corrected chi connectivity index (χ3v) is 14.3. The molecule has 0 fully saturated rings. The zero-order valence-electron chi connectivity index (χ0n) is 34.7. The van der Waals surface area contributed by atoms with Crippen LogP contribution in [0.3, 0.4) is 0 Å². The van der Waals surface area contributed by atoms with Crippen molar-refractivity contribution in [3.05, 3.63) is 241 Å². The third-order valence-electron chi connectivity index (χ3n) is 12.1. The first-order valence-corrected chi connectivity index (χ1v) is 23.9. The maximum atomic E-state index is 7.10. The molecule has 0 saturated heterocycles. The highest BCUT2D eigenvalue weighted by atomic mass is 127. The molecule has 0 spiro atoms. The Kier molecular flexibility index (Phi) is 9.60. The Balaban J connectivity index is 1.22. The number of fused-ring (bicyclic) bond motifs is 7. The summed E-state index contributed by atoms with van der Waals surface area (Å²) < 4.78 is 13.2. The van der Waals surface area contributed by atoms with E-state index in [1.165, 1.54) is 19.9 Å². The highest BCUT2D eigenvalue weighted by Gasteiger charge is 2.26. The largest absolute Gasteiger partial charge is 0.454 e. The number of para-hydroxylation sites is 6. The van der Waals surface area contributed by atoms with Gasteiger partial charge in [-0.3, -0.25) is 0 Å². The predicted octanol–water partition coefficient (Wildman–Crippen LogP) is 17.0. The fourth-order valence-corrected chi connectivity index (χ4v) is 11.4. The Morgan fingerprint density at radius 1 is 0.422 bits per heavy atom. The lowest BCUT2D eigenvalue weighted by atomic mass is 9.95. The Hall–Kier alpha value is -7.74. The van der Waals surface area contributed by atoms with E-state index in [1.54, 1.807) is 0 Å². The zero-order valence-corrected chi connectivity index (χ0v) is 36.9. The number of allylic oxidation sites excluding steroid dienone is 3. The van der Waals surface area contributed by atoms with Gasteiger partial charge in [0.2, 0.25) is 0 Å². The summed E-state index contributed by atoms with van der Waals surface area (Å²) in [5, 5.41) is 4.57. The molecule has 0 unspecified atom stereocenters. The summed E-state index contributed by atoms with van der Waals surface area (Å²) in [5.41, 5.74) is 14.9. The van der Waals surface area contributed by atoms with Crippen LogP contribution in [-0.2, 0) is 0 Å². The number of rotatable bonds is 9. The van der Waals surface area contributed by atoms with E-state index < -0.39 is 0 Å². The second-order valence-corrected chi connectivity index (χ2v) is 18.3. The van der Waals surface area contributed by atoms with Crippen molar-refractivity contribution in [3.8, 4) is 22.3 Å². The minimum absolute atomic E-state index is 0.361. The Bertz CT molecular complexity index is 3570. The predicted molar refractivity (Wildman–Crippen MR) is 280 cm³/mol. The van der Waals surface area contributed by atoms with Gasteiger partial charge in [-0.15, -0.1) is 0 Å². The van der Waals surface area contributed by atoms with Crippen molar-refractivity contribution >= 4 is 102 Å². The monoisotopic (exact) mass is 933 g/mol. The minimum atomic E-state index is -0.361. The van der Waals surface area contributed by atoms with Crippen LogP contribution in [0.15, 0.2) is 245 Å². The zero-order chi connectivity index (χ0) is 42.4. The van der Waals surface area contributed by atoms with Gasteiger partial charge in [0.25, 0.3) is 0 Å². The van der Waals surface area contributed by atoms with Gasteiger partial charge in [0.1, 0.15) is 5.58 Å². The molecule has 0 saturated carbocycles. The molecule has 2 aromatic heterocycles. The molecule has 1 aliphatic heterocycles. The average molecular weight is 934 g/mol. The molecule has 5 heteroatoms. The van der Waals surface area contributed by atoms with Crippen LogP contribution in [0.4, 0.5) is 34.1 Å². The number of hydrogen-bond donors (Lipinski definition) is 0. The standard InChI is InChI=1S/C59H40IN3O/c1-5-21-41(22-6-1)48-29-13-16-32-53(48)62(45-27-11-4-12-28-45)47-38-42(37-46(39-47)61(43-23-7-2-8-24-43)44-25-9-3-10-26-44)51-40-52-49-30-14-17-33-54(49)63(56-35-19-20-36-60-56)58(52)59-57(51)50-31-15-18-34-55(50)64-59/h1-40H. The van der Waals surface area contributed by atoms with Gasteiger partial charge in [-0.05, 0) is 106 Å². The number of nitrogens with zero attached hydrogens (tertiary/aromatic N) is 3. The highest BCUT2D eigenvalue weighted by molar-refractivity contribution is 14.2. The molecule has 12 rings (SSSR count). The lowest BCUT2D eigenvalue weighted by Gasteiger charge is -2.31. The number of hydrogen-bond acceptors (Lipinski definition) is 3. The first kappa shape index (κ1) is 38.0. The lowest BCUT2D eigenvalue weighted by molar-refractivity contribution is 0.671. The van der Waals surface area contributed by atoms with Crippen LogP contribution in [0.25, 0.3) is 66.0 Å². The molecule has 304 valence electrons. The van der Waals surface area contributed by atoms with Crippen molar-refractivity contribution in [2.24, 2.45) is 0 Å². The smallest absolute Gasteiger partial charge is 0.160 e. The maximum absolute atomic E-state index is 7.10. The summed E-state index contributed by atoms with van der Waals surface area (Å²) in [6.07, 6.45) is 6.62. The molecule has 3 heterocycles. The number of benzene rings is 9. The second-order valence-electron chi connectivity index (χ2n) is 15.9. The fraction of sp³-hybridized carbons (Fsp3) is 0. The van der Waals surface area contributed by atoms with Gasteiger partial charge in [-0.1, -0.05) is 172 Å². The van der Waals surface area contributed by atoms with E-state index in [9.17, 15) is 0 Å². The number of aromatic nitrogens is 1. The van der Waals surface area contributed by atoms with Crippen LogP contribution in [0.2, 0.25) is 0 Å². The van der Waals surface area contributed by atoms with E-state index in [4.69, 9.17) is 4.42 Å². The van der Waals surface area contributed by atoms with Crippen LogP contribution in [-0.4, -0.2) is 8.20 Å². The molecule has 0 bridgehead atoms. The molecule has 1 aliphatic rings. The van der Waals surface area contributed by atoms with Crippen molar-refractivity contribution in [2.75, 3.05) is 9.80 Å². The van der Waals surface area contributed by atoms with Crippen molar-refractivity contribution in [1.29, 1.82) is 0 Å². The molecular weight excluding hydrogens is 894 g/mol. The molecule has 0 aliphatic carbocycles. The van der Waals surface area contributed by atoms with Crippen LogP contribution >= 0.6 is 20.7 Å². The van der Waals surface area contributed by atoms with E-state index in [0.717, 1.165) is 83.8 Å². The third kappa shape index (κ3) is 6.55. The van der Waals surface area contributed by atoms with Crippen LogP contribution in [0.5, 0.6) is 0 Å².